The van der Waals surface area contributed by atoms with E-state index in [9.17, 15) is 4.79 Å². The summed E-state index contributed by atoms with van der Waals surface area (Å²) in [4.78, 5) is 16.2. The molecule has 0 aliphatic carbocycles. The molecule has 0 aromatic carbocycles. The summed E-state index contributed by atoms with van der Waals surface area (Å²) < 4.78 is 0. The van der Waals surface area contributed by atoms with Crippen LogP contribution in [0.5, 0.6) is 0 Å². The van der Waals surface area contributed by atoms with Crippen molar-refractivity contribution >= 4 is 5.91 Å². The highest BCUT2D eigenvalue weighted by atomic mass is 16.2. The van der Waals surface area contributed by atoms with Crippen LogP contribution in [0.25, 0.3) is 0 Å². The highest BCUT2D eigenvalue weighted by molar-refractivity contribution is 5.76. The predicted molar refractivity (Wildman–Crippen MR) is 71.9 cm³/mol. The fraction of sp³-hybridized carbons (Fsp3) is 0.857. The van der Waals surface area contributed by atoms with Crippen molar-refractivity contribution in [2.75, 3.05) is 26.2 Å². The Morgan fingerprint density at radius 3 is 2.00 bits per heavy atom. The van der Waals surface area contributed by atoms with E-state index in [4.69, 9.17) is 5.26 Å². The monoisotopic (exact) mass is 251 g/mol. The molecule has 0 bridgehead atoms. The van der Waals surface area contributed by atoms with Crippen LogP contribution in [-0.2, 0) is 4.79 Å². The third kappa shape index (κ3) is 3.99. The molecule has 1 fully saturated rings. The van der Waals surface area contributed by atoms with Crippen LogP contribution in [0.3, 0.4) is 0 Å². The van der Waals surface area contributed by atoms with Gasteiger partial charge in [0.1, 0.15) is 5.54 Å². The van der Waals surface area contributed by atoms with Gasteiger partial charge < -0.3 is 4.90 Å². The van der Waals surface area contributed by atoms with Crippen LogP contribution >= 0.6 is 0 Å². The average molecular weight is 251 g/mol. The van der Waals surface area contributed by atoms with Gasteiger partial charge in [-0.3, -0.25) is 9.69 Å². The molecular weight excluding hydrogens is 226 g/mol. The minimum Gasteiger partial charge on any atom is -0.340 e. The lowest BCUT2D eigenvalue weighted by atomic mass is 9.91. The fourth-order valence-electron chi connectivity index (χ4n) is 2.15. The van der Waals surface area contributed by atoms with E-state index in [-0.39, 0.29) is 11.3 Å². The van der Waals surface area contributed by atoms with Gasteiger partial charge in [-0.1, -0.05) is 20.8 Å². The second-order valence-corrected chi connectivity index (χ2v) is 6.78. The van der Waals surface area contributed by atoms with Crippen LogP contribution < -0.4 is 0 Å². The number of hydrogen-bond donors (Lipinski definition) is 0. The van der Waals surface area contributed by atoms with Crippen molar-refractivity contribution in [2.45, 2.75) is 46.6 Å². The molecule has 1 saturated heterocycles. The van der Waals surface area contributed by atoms with E-state index in [0.29, 0.717) is 6.42 Å². The van der Waals surface area contributed by atoms with E-state index in [1.807, 2.05) is 18.7 Å². The third-order valence-corrected chi connectivity index (χ3v) is 3.38. The number of piperazine rings is 1. The Hall–Kier alpha value is -1.08. The molecule has 1 rings (SSSR count). The van der Waals surface area contributed by atoms with Crippen LogP contribution in [0, 0.1) is 16.7 Å². The Kier molecular flexibility index (Phi) is 4.39. The third-order valence-electron chi connectivity index (χ3n) is 3.38. The topological polar surface area (TPSA) is 47.3 Å². The van der Waals surface area contributed by atoms with E-state index >= 15 is 0 Å². The van der Waals surface area contributed by atoms with Crippen molar-refractivity contribution in [3.8, 4) is 6.07 Å². The van der Waals surface area contributed by atoms with Gasteiger partial charge in [0, 0.05) is 32.6 Å². The van der Waals surface area contributed by atoms with Crippen LogP contribution in [0.1, 0.15) is 41.0 Å². The first-order chi connectivity index (χ1) is 8.15. The molecule has 0 atom stereocenters. The molecule has 1 heterocycles. The van der Waals surface area contributed by atoms with Gasteiger partial charge in [0.2, 0.25) is 5.91 Å². The van der Waals surface area contributed by atoms with E-state index < -0.39 is 5.54 Å². The largest absolute Gasteiger partial charge is 0.340 e. The SMILES string of the molecule is CC(C)(C)CC(=O)N1CCN(C(C)(C)C#N)CC1. The molecule has 18 heavy (non-hydrogen) atoms. The van der Waals surface area contributed by atoms with Crippen molar-refractivity contribution in [1.29, 1.82) is 5.26 Å². The zero-order chi connectivity index (χ0) is 14.0. The number of carbonyl (C=O) groups excluding carboxylic acids is 1. The number of hydrogen-bond acceptors (Lipinski definition) is 3. The van der Waals surface area contributed by atoms with Crippen molar-refractivity contribution < 1.29 is 4.79 Å². The summed E-state index contributed by atoms with van der Waals surface area (Å²) in [6, 6.07) is 2.32. The Balaban J connectivity index is 2.50. The van der Waals surface area contributed by atoms with Crippen LogP contribution in [0.4, 0.5) is 0 Å². The van der Waals surface area contributed by atoms with Crippen molar-refractivity contribution in [1.82, 2.24) is 9.80 Å². The molecule has 4 nitrogen and oxygen atoms in total. The van der Waals surface area contributed by atoms with Crippen LogP contribution in [-0.4, -0.2) is 47.4 Å². The molecule has 0 saturated carbocycles. The molecule has 0 aromatic heterocycles. The molecule has 1 aliphatic heterocycles. The van der Waals surface area contributed by atoms with Gasteiger partial charge in [-0.25, -0.2) is 0 Å². The van der Waals surface area contributed by atoms with Crippen LogP contribution in [0.2, 0.25) is 0 Å². The Morgan fingerprint density at radius 1 is 1.11 bits per heavy atom. The minimum atomic E-state index is -0.431. The van der Waals surface area contributed by atoms with E-state index in [1.54, 1.807) is 0 Å². The van der Waals surface area contributed by atoms with E-state index in [2.05, 4.69) is 31.7 Å². The van der Waals surface area contributed by atoms with Gasteiger partial charge in [0.25, 0.3) is 0 Å². The zero-order valence-corrected chi connectivity index (χ0v) is 12.3. The average Bonchev–Trinajstić information content (AvgIpc) is 2.27. The quantitative estimate of drug-likeness (QED) is 0.752. The normalized spacial score (nSPS) is 18.6. The lowest BCUT2D eigenvalue weighted by Gasteiger charge is -2.41. The number of nitrogens with zero attached hydrogens (tertiary/aromatic N) is 3. The first-order valence-corrected chi connectivity index (χ1v) is 6.60. The second kappa shape index (κ2) is 5.27. The maximum absolute atomic E-state index is 12.1. The summed E-state index contributed by atoms with van der Waals surface area (Å²) in [6.07, 6.45) is 0.592. The molecule has 0 aromatic rings. The maximum Gasteiger partial charge on any atom is 0.223 e. The lowest BCUT2D eigenvalue weighted by Crippen LogP contribution is -2.55. The maximum atomic E-state index is 12.1. The summed E-state index contributed by atoms with van der Waals surface area (Å²) in [6.45, 7) is 13.2. The van der Waals surface area contributed by atoms with E-state index in [0.717, 1.165) is 26.2 Å². The minimum absolute atomic E-state index is 0.0418. The lowest BCUT2D eigenvalue weighted by molar-refractivity contribution is -0.135. The number of amides is 1. The zero-order valence-electron chi connectivity index (χ0n) is 12.3. The van der Waals surface area contributed by atoms with Crippen molar-refractivity contribution in [2.24, 2.45) is 5.41 Å². The van der Waals surface area contributed by atoms with Gasteiger partial charge in [-0.05, 0) is 19.3 Å². The highest BCUT2D eigenvalue weighted by Crippen LogP contribution is 2.21. The summed E-state index contributed by atoms with van der Waals surface area (Å²) in [5, 5.41) is 9.10. The molecule has 0 radical (unpaired) electrons. The van der Waals surface area contributed by atoms with Crippen molar-refractivity contribution in [3.05, 3.63) is 0 Å². The summed E-state index contributed by atoms with van der Waals surface area (Å²) in [5.41, 5.74) is -0.390. The van der Waals surface area contributed by atoms with Gasteiger partial charge in [-0.2, -0.15) is 5.26 Å². The van der Waals surface area contributed by atoms with Gasteiger partial charge >= 0.3 is 0 Å². The number of rotatable bonds is 2. The van der Waals surface area contributed by atoms with Gasteiger partial charge in [0.15, 0.2) is 0 Å². The number of nitriles is 1. The molecule has 0 unspecified atom stereocenters. The second-order valence-electron chi connectivity index (χ2n) is 6.78. The molecule has 4 heteroatoms. The Morgan fingerprint density at radius 2 is 1.61 bits per heavy atom. The van der Waals surface area contributed by atoms with Gasteiger partial charge in [-0.15, -0.1) is 0 Å². The fourth-order valence-corrected chi connectivity index (χ4v) is 2.15. The van der Waals surface area contributed by atoms with Crippen molar-refractivity contribution in [3.63, 3.8) is 0 Å². The first-order valence-electron chi connectivity index (χ1n) is 6.60. The molecule has 0 N–H and O–H groups in total. The Labute approximate surface area is 111 Å². The molecule has 1 aliphatic rings. The van der Waals surface area contributed by atoms with E-state index in [1.165, 1.54) is 0 Å². The molecule has 102 valence electrons. The summed E-state index contributed by atoms with van der Waals surface area (Å²) >= 11 is 0. The molecular formula is C14H25N3O. The standard InChI is InChI=1S/C14H25N3O/c1-13(2,3)10-12(18)16-6-8-17(9-7-16)14(4,5)11-15/h6-10H2,1-5H3. The Bertz CT molecular complexity index is 341. The van der Waals surface area contributed by atoms with Gasteiger partial charge in [0.05, 0.1) is 6.07 Å². The smallest absolute Gasteiger partial charge is 0.223 e. The molecule has 1 amide bonds. The highest BCUT2D eigenvalue weighted by Gasteiger charge is 2.31. The van der Waals surface area contributed by atoms with Crippen LogP contribution in [0.15, 0.2) is 0 Å². The summed E-state index contributed by atoms with van der Waals surface area (Å²) in [5.74, 6) is 0.233. The molecule has 0 spiro atoms. The predicted octanol–water partition coefficient (Wildman–Crippen LogP) is 1.87. The number of carbonyl (C=O) groups is 1. The first kappa shape index (κ1) is 15.0. The summed E-state index contributed by atoms with van der Waals surface area (Å²) in [7, 11) is 0.